The highest BCUT2D eigenvalue weighted by molar-refractivity contribution is 5.90. The largest absolute Gasteiger partial charge is 0.256 e. The molecule has 58 heavy (non-hydrogen) atoms. The quantitative estimate of drug-likeness (QED) is 0.176. The minimum atomic E-state index is -0.446. The van der Waals surface area contributed by atoms with Gasteiger partial charge in [-0.05, 0) is 92.0 Å². The maximum atomic E-state index is 5.25. The molecule has 2 aromatic heterocycles. The lowest BCUT2D eigenvalue weighted by Gasteiger charge is -2.46. The van der Waals surface area contributed by atoms with Crippen molar-refractivity contribution in [3.63, 3.8) is 0 Å². The highest BCUT2D eigenvalue weighted by Gasteiger charge is 2.53. The Kier molecular flexibility index (Phi) is 7.74. The molecule has 0 saturated heterocycles. The third-order valence-corrected chi connectivity index (χ3v) is 12.4. The van der Waals surface area contributed by atoms with Crippen LogP contribution >= 0.6 is 0 Å². The molecule has 1 spiro atoms. The number of hydrogen-bond donors (Lipinski definition) is 0. The molecule has 3 heteroatoms. The van der Waals surface area contributed by atoms with Crippen LogP contribution in [0.2, 0.25) is 0 Å². The molecule has 0 N–H and O–H groups in total. The van der Waals surface area contributed by atoms with Crippen LogP contribution in [-0.4, -0.2) is 15.0 Å². The fourth-order valence-electron chi connectivity index (χ4n) is 9.73. The Morgan fingerprint density at radius 3 is 1.55 bits per heavy atom. The number of aromatic nitrogens is 3. The third-order valence-electron chi connectivity index (χ3n) is 12.4. The lowest BCUT2D eigenvalue weighted by Crippen LogP contribution is -2.40. The molecule has 0 amide bonds. The van der Waals surface area contributed by atoms with Gasteiger partial charge in [-0.3, -0.25) is 4.98 Å². The molecule has 0 atom stereocenters. The van der Waals surface area contributed by atoms with E-state index in [9.17, 15) is 0 Å². The van der Waals surface area contributed by atoms with Gasteiger partial charge in [-0.2, -0.15) is 0 Å². The van der Waals surface area contributed by atoms with Crippen molar-refractivity contribution in [3.8, 4) is 67.4 Å². The second-order valence-electron chi connectivity index (χ2n) is 16.0. The summed E-state index contributed by atoms with van der Waals surface area (Å²) in [6.07, 6.45) is 1.83. The van der Waals surface area contributed by atoms with E-state index in [-0.39, 0.29) is 5.41 Å². The molecule has 9 aromatic rings. The zero-order chi connectivity index (χ0) is 38.8. The molecule has 0 saturated carbocycles. The molecule has 274 valence electrons. The summed E-state index contributed by atoms with van der Waals surface area (Å²) in [5, 5.41) is 0. The highest BCUT2D eigenvalue weighted by Crippen LogP contribution is 2.62. The maximum absolute atomic E-state index is 5.25. The van der Waals surface area contributed by atoms with Crippen LogP contribution in [0.15, 0.2) is 200 Å². The van der Waals surface area contributed by atoms with Crippen molar-refractivity contribution < 1.29 is 0 Å². The predicted octanol–water partition coefficient (Wildman–Crippen LogP) is 13.2. The molecule has 0 unspecified atom stereocenters. The van der Waals surface area contributed by atoms with Crippen LogP contribution in [0.4, 0.5) is 0 Å². The predicted molar refractivity (Wildman–Crippen MR) is 236 cm³/mol. The van der Waals surface area contributed by atoms with E-state index >= 15 is 0 Å². The van der Waals surface area contributed by atoms with Gasteiger partial charge in [0.2, 0.25) is 0 Å². The van der Waals surface area contributed by atoms with Crippen LogP contribution < -0.4 is 0 Å². The molecule has 2 aliphatic carbocycles. The smallest absolute Gasteiger partial charge is 0.160 e. The molecular formula is C55H39N3. The molecule has 2 aliphatic rings. The number of fused-ring (bicyclic) bond motifs is 9. The lowest BCUT2D eigenvalue weighted by molar-refractivity contribution is 0.563. The van der Waals surface area contributed by atoms with Gasteiger partial charge < -0.3 is 0 Å². The van der Waals surface area contributed by atoms with E-state index in [4.69, 9.17) is 9.97 Å². The fourth-order valence-corrected chi connectivity index (χ4v) is 9.73. The Morgan fingerprint density at radius 2 is 0.845 bits per heavy atom. The van der Waals surface area contributed by atoms with Crippen molar-refractivity contribution in [1.82, 2.24) is 15.0 Å². The number of pyridine rings is 1. The Bertz CT molecular complexity index is 2990. The first-order valence-corrected chi connectivity index (χ1v) is 20.0. The summed E-state index contributed by atoms with van der Waals surface area (Å²) in [5.41, 5.74) is 19.2. The van der Waals surface area contributed by atoms with Gasteiger partial charge in [0.1, 0.15) is 0 Å². The van der Waals surface area contributed by atoms with Crippen LogP contribution in [0.5, 0.6) is 0 Å². The van der Waals surface area contributed by atoms with Gasteiger partial charge in [-0.25, -0.2) is 9.97 Å². The van der Waals surface area contributed by atoms with Crippen molar-refractivity contribution in [1.29, 1.82) is 0 Å². The summed E-state index contributed by atoms with van der Waals surface area (Å²) >= 11 is 0. The average molecular weight is 742 g/mol. The average Bonchev–Trinajstić information content (AvgIpc) is 3.59. The minimum Gasteiger partial charge on any atom is -0.256 e. The number of hydrogen-bond acceptors (Lipinski definition) is 3. The minimum absolute atomic E-state index is 0.142. The summed E-state index contributed by atoms with van der Waals surface area (Å²) < 4.78 is 0. The molecule has 7 aromatic carbocycles. The molecule has 0 aliphatic heterocycles. The Hall–Kier alpha value is -7.23. The van der Waals surface area contributed by atoms with Crippen LogP contribution in [0.1, 0.15) is 47.2 Å². The Balaban J connectivity index is 1.08. The molecular weight excluding hydrogens is 703 g/mol. The fraction of sp³-hybridized carbons (Fsp3) is 0.0727. The summed E-state index contributed by atoms with van der Waals surface area (Å²) in [4.78, 5) is 15.0. The van der Waals surface area contributed by atoms with E-state index < -0.39 is 5.41 Å². The molecule has 0 radical (unpaired) electrons. The molecule has 0 bridgehead atoms. The summed E-state index contributed by atoms with van der Waals surface area (Å²) in [6, 6.07) is 70.1. The van der Waals surface area contributed by atoms with Crippen LogP contribution in [0.25, 0.3) is 67.4 Å². The first-order chi connectivity index (χ1) is 28.5. The highest BCUT2D eigenvalue weighted by atomic mass is 14.9. The van der Waals surface area contributed by atoms with Crippen molar-refractivity contribution in [2.45, 2.75) is 24.7 Å². The SMILES string of the molecule is CC1(C)c2ccccc2C2(c3ccccc3-c3ccc(-c4cccc(-c5cc(-c6ccccc6)nc(-c6cccc(-c7ccccn7)c6)n5)c4)cc32)c2ccccc21. The van der Waals surface area contributed by atoms with Gasteiger partial charge in [-0.15, -0.1) is 0 Å². The van der Waals surface area contributed by atoms with Gasteiger partial charge in [0, 0.05) is 33.9 Å². The van der Waals surface area contributed by atoms with E-state index in [2.05, 4.69) is 189 Å². The molecule has 3 nitrogen and oxygen atoms in total. The first kappa shape index (κ1) is 34.1. The third kappa shape index (κ3) is 5.17. The van der Waals surface area contributed by atoms with Crippen LogP contribution in [0, 0.1) is 0 Å². The first-order valence-electron chi connectivity index (χ1n) is 20.0. The standard InChI is InChI=1S/C55H39N3/c1-54(2)45-24-8-10-26-47(45)55(48-27-11-9-25-46(48)54)44-23-7-6-22-42(44)43-30-29-38(34-49(43)55)37-18-14-20-40(32-37)52-35-51(36-16-4-3-5-17-36)57-53(58-52)41-21-15-19-39(33-41)50-28-12-13-31-56-50/h3-35H,1-2H3. The van der Waals surface area contributed by atoms with Gasteiger partial charge in [0.15, 0.2) is 5.82 Å². The van der Waals surface area contributed by atoms with Crippen molar-refractivity contribution >= 4 is 0 Å². The molecule has 0 fully saturated rings. The lowest BCUT2D eigenvalue weighted by atomic mass is 9.55. The monoisotopic (exact) mass is 741 g/mol. The zero-order valence-electron chi connectivity index (χ0n) is 32.4. The summed E-state index contributed by atoms with van der Waals surface area (Å²) in [7, 11) is 0. The van der Waals surface area contributed by atoms with E-state index in [1.807, 2.05) is 30.5 Å². The van der Waals surface area contributed by atoms with E-state index in [0.29, 0.717) is 5.82 Å². The number of nitrogens with zero attached hydrogens (tertiary/aromatic N) is 3. The number of benzene rings is 7. The van der Waals surface area contributed by atoms with E-state index in [1.165, 1.54) is 50.1 Å². The van der Waals surface area contributed by atoms with Crippen molar-refractivity contribution in [2.75, 3.05) is 0 Å². The van der Waals surface area contributed by atoms with Gasteiger partial charge in [-0.1, -0.05) is 172 Å². The van der Waals surface area contributed by atoms with Gasteiger partial charge in [0.25, 0.3) is 0 Å². The Morgan fingerprint density at radius 1 is 0.328 bits per heavy atom. The van der Waals surface area contributed by atoms with Crippen molar-refractivity contribution in [3.05, 3.63) is 234 Å². The second kappa shape index (κ2) is 13.2. The zero-order valence-corrected chi connectivity index (χ0v) is 32.4. The molecule has 2 heterocycles. The Labute approximate surface area is 339 Å². The van der Waals surface area contributed by atoms with Crippen molar-refractivity contribution in [2.24, 2.45) is 0 Å². The summed E-state index contributed by atoms with van der Waals surface area (Å²) in [5.74, 6) is 0.675. The van der Waals surface area contributed by atoms with Crippen LogP contribution in [-0.2, 0) is 10.8 Å². The topological polar surface area (TPSA) is 38.7 Å². The molecule has 11 rings (SSSR count). The normalized spacial score (nSPS) is 14.0. The van der Waals surface area contributed by atoms with Gasteiger partial charge >= 0.3 is 0 Å². The number of rotatable bonds is 5. The second-order valence-corrected chi connectivity index (χ2v) is 16.0. The van der Waals surface area contributed by atoms with Crippen LogP contribution in [0.3, 0.4) is 0 Å². The summed E-state index contributed by atoms with van der Waals surface area (Å²) in [6.45, 7) is 4.75. The van der Waals surface area contributed by atoms with E-state index in [1.54, 1.807) is 0 Å². The van der Waals surface area contributed by atoms with E-state index in [0.717, 1.165) is 44.9 Å². The maximum Gasteiger partial charge on any atom is 0.160 e. The van der Waals surface area contributed by atoms with Gasteiger partial charge in [0.05, 0.1) is 22.5 Å².